The highest BCUT2D eigenvalue weighted by molar-refractivity contribution is 5.24. The minimum absolute atomic E-state index is 0.103. The van der Waals surface area contributed by atoms with Crippen LogP contribution in [0.1, 0.15) is 24.1 Å². The average molecular weight is 300 g/mol. The van der Waals surface area contributed by atoms with Crippen molar-refractivity contribution < 1.29 is 13.2 Å². The number of hydrogen-bond donors (Lipinski definition) is 4. The zero-order valence-corrected chi connectivity index (χ0v) is 11.9. The van der Waals surface area contributed by atoms with Gasteiger partial charge >= 0.3 is 6.18 Å². The molecule has 0 aliphatic carbocycles. The van der Waals surface area contributed by atoms with Crippen LogP contribution >= 0.6 is 0 Å². The summed E-state index contributed by atoms with van der Waals surface area (Å²) in [5, 5.41) is 6.08. The maximum Gasteiger partial charge on any atom is 0.409 e. The lowest BCUT2D eigenvalue weighted by Gasteiger charge is -2.16. The van der Waals surface area contributed by atoms with Crippen LogP contribution in [0.4, 0.5) is 13.2 Å². The normalized spacial score (nSPS) is 19.9. The lowest BCUT2D eigenvalue weighted by molar-refractivity contribution is -0.144. The van der Waals surface area contributed by atoms with E-state index in [0.29, 0.717) is 12.5 Å². The number of alkyl halides is 3. The molecule has 0 saturated carbocycles. The Morgan fingerprint density at radius 1 is 1.33 bits per heavy atom. The molecule has 0 radical (unpaired) electrons. The van der Waals surface area contributed by atoms with E-state index < -0.39 is 12.2 Å². The van der Waals surface area contributed by atoms with Gasteiger partial charge in [0.1, 0.15) is 11.9 Å². The van der Waals surface area contributed by atoms with Gasteiger partial charge in [-0.2, -0.15) is 13.2 Å². The summed E-state index contributed by atoms with van der Waals surface area (Å²) in [7, 11) is 0. The number of hydrogen-bond acceptors (Lipinski definition) is 4. The van der Waals surface area contributed by atoms with Crippen LogP contribution in [0.15, 0.2) is 36.2 Å². The molecule has 2 rings (SSSR count). The first kappa shape index (κ1) is 15.7. The van der Waals surface area contributed by atoms with Crippen LogP contribution in [0.5, 0.6) is 0 Å². The van der Waals surface area contributed by atoms with Crippen molar-refractivity contribution in [3.8, 4) is 0 Å². The van der Waals surface area contributed by atoms with Crippen LogP contribution < -0.4 is 21.5 Å². The minimum Gasteiger partial charge on any atom is -0.358 e. The van der Waals surface area contributed by atoms with E-state index in [0.717, 1.165) is 11.6 Å². The van der Waals surface area contributed by atoms with Gasteiger partial charge in [0.2, 0.25) is 0 Å². The maximum absolute atomic E-state index is 12.5. The van der Waals surface area contributed by atoms with E-state index in [9.17, 15) is 13.2 Å². The lowest BCUT2D eigenvalue weighted by atomic mass is 10.1. The number of hydrazine groups is 1. The number of rotatable bonds is 5. The topological polar surface area (TPSA) is 48.1 Å². The Bertz CT molecular complexity index is 513. The fourth-order valence-electron chi connectivity index (χ4n) is 2.04. The van der Waals surface area contributed by atoms with Crippen molar-refractivity contribution in [2.75, 3.05) is 6.67 Å². The molecule has 116 valence electrons. The predicted octanol–water partition coefficient (Wildman–Crippen LogP) is 2.07. The molecular weight excluding hydrogens is 281 g/mol. The van der Waals surface area contributed by atoms with Crippen LogP contribution in [0.2, 0.25) is 0 Å². The van der Waals surface area contributed by atoms with Gasteiger partial charge in [-0.25, -0.2) is 5.43 Å². The Morgan fingerprint density at radius 2 is 2.10 bits per heavy atom. The van der Waals surface area contributed by atoms with Gasteiger partial charge in [-0.15, -0.1) is 0 Å². The van der Waals surface area contributed by atoms with Gasteiger partial charge in [0.05, 0.1) is 6.67 Å². The number of benzene rings is 1. The highest BCUT2D eigenvalue weighted by Gasteiger charge is 2.40. The molecule has 0 aromatic heterocycles. The predicted molar refractivity (Wildman–Crippen MR) is 74.9 cm³/mol. The Morgan fingerprint density at radius 3 is 2.71 bits per heavy atom. The first-order valence-electron chi connectivity index (χ1n) is 6.70. The van der Waals surface area contributed by atoms with E-state index in [-0.39, 0.29) is 6.04 Å². The zero-order valence-electron chi connectivity index (χ0n) is 11.9. The van der Waals surface area contributed by atoms with Crippen LogP contribution in [0, 0.1) is 6.92 Å². The van der Waals surface area contributed by atoms with Crippen molar-refractivity contribution >= 4 is 0 Å². The second kappa shape index (κ2) is 6.36. The Labute approximate surface area is 121 Å². The SMILES string of the molecule is Cc1cccc(C(C)NCNC2=CC(C(F)(F)F)NN2)c1. The molecule has 7 heteroatoms. The van der Waals surface area contributed by atoms with Crippen molar-refractivity contribution in [2.24, 2.45) is 0 Å². The highest BCUT2D eigenvalue weighted by atomic mass is 19.4. The van der Waals surface area contributed by atoms with Crippen molar-refractivity contribution in [3.63, 3.8) is 0 Å². The maximum atomic E-state index is 12.5. The summed E-state index contributed by atoms with van der Waals surface area (Å²) in [6.45, 7) is 4.38. The fourth-order valence-corrected chi connectivity index (χ4v) is 2.04. The molecule has 21 heavy (non-hydrogen) atoms. The van der Waals surface area contributed by atoms with Crippen molar-refractivity contribution in [3.05, 3.63) is 47.3 Å². The highest BCUT2D eigenvalue weighted by Crippen LogP contribution is 2.22. The van der Waals surface area contributed by atoms with E-state index in [1.165, 1.54) is 5.56 Å². The molecule has 0 fully saturated rings. The summed E-state index contributed by atoms with van der Waals surface area (Å²) in [6.07, 6.45) is -3.21. The fraction of sp³-hybridized carbons (Fsp3) is 0.429. The molecule has 0 bridgehead atoms. The molecule has 2 unspecified atom stereocenters. The lowest BCUT2D eigenvalue weighted by Crippen LogP contribution is -2.43. The average Bonchev–Trinajstić information content (AvgIpc) is 2.87. The van der Waals surface area contributed by atoms with E-state index in [2.05, 4.69) is 27.6 Å². The van der Waals surface area contributed by atoms with Crippen LogP contribution in [0.25, 0.3) is 0 Å². The minimum atomic E-state index is -4.29. The Hall–Kier alpha value is -1.73. The van der Waals surface area contributed by atoms with Crippen molar-refractivity contribution in [1.29, 1.82) is 0 Å². The summed E-state index contributed by atoms with van der Waals surface area (Å²) in [6, 6.07) is 6.53. The van der Waals surface area contributed by atoms with Gasteiger partial charge in [0.15, 0.2) is 0 Å². The van der Waals surface area contributed by atoms with Gasteiger partial charge < -0.3 is 10.7 Å². The largest absolute Gasteiger partial charge is 0.409 e. The van der Waals surface area contributed by atoms with Gasteiger partial charge in [-0.3, -0.25) is 5.32 Å². The molecule has 0 spiro atoms. The Balaban J connectivity index is 1.80. The molecule has 1 aromatic carbocycles. The monoisotopic (exact) mass is 300 g/mol. The van der Waals surface area contributed by atoms with E-state index in [1.807, 2.05) is 32.0 Å². The van der Waals surface area contributed by atoms with E-state index in [1.54, 1.807) is 0 Å². The smallest absolute Gasteiger partial charge is 0.358 e. The summed E-state index contributed by atoms with van der Waals surface area (Å²) in [5.41, 5.74) is 6.95. The summed E-state index contributed by atoms with van der Waals surface area (Å²) >= 11 is 0. The van der Waals surface area contributed by atoms with Gasteiger partial charge in [-0.05, 0) is 25.5 Å². The third-order valence-corrected chi connectivity index (χ3v) is 3.28. The second-order valence-electron chi connectivity index (χ2n) is 5.06. The van der Waals surface area contributed by atoms with E-state index in [4.69, 9.17) is 0 Å². The van der Waals surface area contributed by atoms with Crippen LogP contribution in [-0.2, 0) is 0 Å². The number of halogens is 3. The summed E-state index contributed by atoms with van der Waals surface area (Å²) in [5.74, 6) is 0.321. The van der Waals surface area contributed by atoms with Gasteiger partial charge in [0.25, 0.3) is 0 Å². The van der Waals surface area contributed by atoms with Gasteiger partial charge in [-0.1, -0.05) is 29.8 Å². The molecule has 4 N–H and O–H groups in total. The molecule has 2 atom stereocenters. The molecule has 1 heterocycles. The molecule has 1 aromatic rings. The zero-order chi connectivity index (χ0) is 15.5. The van der Waals surface area contributed by atoms with Gasteiger partial charge in [0, 0.05) is 6.04 Å². The molecule has 0 saturated heterocycles. The van der Waals surface area contributed by atoms with Crippen molar-refractivity contribution in [2.45, 2.75) is 32.1 Å². The first-order chi connectivity index (χ1) is 9.86. The summed E-state index contributed by atoms with van der Waals surface area (Å²) in [4.78, 5) is 0. The number of nitrogens with one attached hydrogen (secondary N) is 4. The summed E-state index contributed by atoms with van der Waals surface area (Å²) < 4.78 is 37.4. The van der Waals surface area contributed by atoms with Crippen LogP contribution in [-0.4, -0.2) is 18.9 Å². The molecular formula is C14H19F3N4. The Kier molecular flexibility index (Phi) is 4.74. The number of aryl methyl sites for hydroxylation is 1. The second-order valence-corrected chi connectivity index (χ2v) is 5.06. The third kappa shape index (κ3) is 4.37. The molecule has 4 nitrogen and oxygen atoms in total. The quantitative estimate of drug-likeness (QED) is 0.629. The molecule has 0 amide bonds. The third-order valence-electron chi connectivity index (χ3n) is 3.28. The first-order valence-corrected chi connectivity index (χ1v) is 6.70. The van der Waals surface area contributed by atoms with Crippen LogP contribution in [0.3, 0.4) is 0 Å². The molecule has 1 aliphatic heterocycles. The van der Waals surface area contributed by atoms with E-state index >= 15 is 0 Å². The van der Waals surface area contributed by atoms with Crippen molar-refractivity contribution in [1.82, 2.24) is 21.5 Å². The molecule has 1 aliphatic rings. The standard InChI is InChI=1S/C14H19F3N4/c1-9-4-3-5-11(6-9)10(2)18-8-19-13-7-12(20-21-13)14(15,16)17/h3-7,10,12,18-21H,8H2,1-2H3.